The summed E-state index contributed by atoms with van der Waals surface area (Å²) in [6, 6.07) is 6.12. The Morgan fingerprint density at radius 1 is 1.52 bits per heavy atom. The lowest BCUT2D eigenvalue weighted by molar-refractivity contribution is -0.131. The zero-order chi connectivity index (χ0) is 16.0. The summed E-state index contributed by atoms with van der Waals surface area (Å²) in [4.78, 5) is 10.5. The molecule has 0 radical (unpaired) electrons. The number of sulfonamides is 1. The molecule has 0 heterocycles. The third-order valence-electron chi connectivity index (χ3n) is 2.54. The molecule has 21 heavy (non-hydrogen) atoms. The fourth-order valence-corrected chi connectivity index (χ4v) is 2.17. The first-order valence-corrected chi connectivity index (χ1v) is 7.35. The highest BCUT2D eigenvalue weighted by molar-refractivity contribution is 7.93. The lowest BCUT2D eigenvalue weighted by Crippen LogP contribution is -2.24. The highest BCUT2D eigenvalue weighted by Gasteiger charge is 2.21. The number of carbonyl (C=O) groups is 1. The molecule has 0 saturated heterocycles. The van der Waals surface area contributed by atoms with E-state index in [0.717, 1.165) is 6.08 Å². The molecular weight excluding hydrogens is 296 g/mol. The summed E-state index contributed by atoms with van der Waals surface area (Å²) in [5.41, 5.74) is 0.604. The number of hydrogen-bond acceptors (Lipinski definition) is 5. The normalized spacial score (nSPS) is 12.6. The molecule has 0 amide bonds. The fraction of sp³-hybridized carbons (Fsp3) is 0.231. The van der Waals surface area contributed by atoms with Crippen LogP contribution in [0, 0.1) is 11.3 Å². The molecule has 0 saturated carbocycles. The number of aliphatic carboxylic acids is 1. The summed E-state index contributed by atoms with van der Waals surface area (Å²) in [6.07, 6.45) is 2.24. The second kappa shape index (κ2) is 6.76. The molecule has 0 aliphatic carbocycles. The first-order valence-electron chi connectivity index (χ1n) is 5.80. The second-order valence-corrected chi connectivity index (χ2v) is 6.05. The Hall–Kier alpha value is -2.53. The minimum absolute atomic E-state index is 0.132. The smallest absolute Gasteiger partial charge is 0.328 e. The number of benzene rings is 1. The summed E-state index contributed by atoms with van der Waals surface area (Å²) in [7, 11) is -2.51. The lowest BCUT2D eigenvalue weighted by Gasteiger charge is -2.13. The summed E-state index contributed by atoms with van der Waals surface area (Å²) in [5.74, 6) is -0.859. The van der Waals surface area contributed by atoms with Crippen molar-refractivity contribution in [1.29, 1.82) is 5.26 Å². The predicted molar refractivity (Wildman–Crippen MR) is 77.3 cm³/mol. The van der Waals surface area contributed by atoms with Gasteiger partial charge in [0.05, 0.1) is 18.9 Å². The van der Waals surface area contributed by atoms with E-state index in [0.29, 0.717) is 5.56 Å². The Labute approximate surface area is 122 Å². The maximum Gasteiger partial charge on any atom is 0.328 e. The van der Waals surface area contributed by atoms with Crippen LogP contribution < -0.4 is 9.46 Å². The fourth-order valence-electron chi connectivity index (χ4n) is 1.39. The number of hydrogen-bond donors (Lipinski definition) is 2. The number of nitrogens with zero attached hydrogens (tertiary/aromatic N) is 1. The number of carboxylic acids is 1. The van der Waals surface area contributed by atoms with E-state index in [4.69, 9.17) is 15.1 Å². The summed E-state index contributed by atoms with van der Waals surface area (Å²) >= 11 is 0. The highest BCUT2D eigenvalue weighted by atomic mass is 32.2. The van der Waals surface area contributed by atoms with Crippen LogP contribution in [0.1, 0.15) is 12.5 Å². The topological polar surface area (TPSA) is 116 Å². The third kappa shape index (κ3) is 4.50. The molecule has 0 bridgehead atoms. The van der Waals surface area contributed by atoms with Crippen LogP contribution in [0.3, 0.4) is 0 Å². The van der Waals surface area contributed by atoms with Gasteiger partial charge in [-0.2, -0.15) is 5.26 Å². The van der Waals surface area contributed by atoms with Crippen molar-refractivity contribution in [2.45, 2.75) is 12.2 Å². The van der Waals surface area contributed by atoms with Crippen molar-refractivity contribution in [3.05, 3.63) is 29.8 Å². The molecule has 1 aromatic carbocycles. The van der Waals surface area contributed by atoms with Crippen molar-refractivity contribution in [2.75, 3.05) is 11.8 Å². The first-order chi connectivity index (χ1) is 9.80. The van der Waals surface area contributed by atoms with Crippen molar-refractivity contribution < 1.29 is 23.1 Å². The van der Waals surface area contributed by atoms with Crippen LogP contribution in [0.4, 0.5) is 5.69 Å². The number of nitrogens with one attached hydrogen (secondary N) is 1. The van der Waals surface area contributed by atoms with E-state index in [1.807, 2.05) is 0 Å². The average Bonchev–Trinajstić information content (AvgIpc) is 2.43. The van der Waals surface area contributed by atoms with Gasteiger partial charge in [0, 0.05) is 6.08 Å². The Balaban J connectivity index is 3.19. The van der Waals surface area contributed by atoms with E-state index in [-0.39, 0.29) is 11.4 Å². The number of rotatable bonds is 6. The van der Waals surface area contributed by atoms with Gasteiger partial charge in [0.15, 0.2) is 5.25 Å². The molecule has 0 aromatic heterocycles. The molecule has 112 valence electrons. The summed E-state index contributed by atoms with van der Waals surface area (Å²) < 4.78 is 31.0. The largest absolute Gasteiger partial charge is 0.495 e. The predicted octanol–water partition coefficient (Wildman–Crippen LogP) is 1.45. The minimum Gasteiger partial charge on any atom is -0.495 e. The molecule has 0 aliphatic rings. The highest BCUT2D eigenvalue weighted by Crippen LogP contribution is 2.27. The Morgan fingerprint density at radius 2 is 2.19 bits per heavy atom. The Morgan fingerprint density at radius 3 is 2.71 bits per heavy atom. The van der Waals surface area contributed by atoms with Crippen LogP contribution in [0.25, 0.3) is 6.08 Å². The van der Waals surface area contributed by atoms with Gasteiger partial charge in [-0.05, 0) is 30.7 Å². The molecule has 1 aromatic rings. The third-order valence-corrected chi connectivity index (χ3v) is 4.08. The zero-order valence-electron chi connectivity index (χ0n) is 11.4. The standard InChI is InChI=1S/C13H14N2O5S/c1-9(8-14)21(18,19)15-11-7-10(4-6-13(16)17)3-5-12(11)20-2/h3-7,9,15H,1-2H3,(H,16,17). The molecular formula is C13H14N2O5S. The average molecular weight is 310 g/mol. The van der Waals surface area contributed by atoms with Gasteiger partial charge in [-0.25, -0.2) is 13.2 Å². The second-order valence-electron chi connectivity index (χ2n) is 4.05. The van der Waals surface area contributed by atoms with Crippen molar-refractivity contribution in [3.8, 4) is 11.8 Å². The van der Waals surface area contributed by atoms with E-state index in [2.05, 4.69) is 4.72 Å². The number of ether oxygens (including phenoxy) is 1. The van der Waals surface area contributed by atoms with Crippen LogP contribution in [-0.2, 0) is 14.8 Å². The number of carboxylic acid groups (broad SMARTS) is 1. The van der Waals surface area contributed by atoms with Crippen molar-refractivity contribution in [1.82, 2.24) is 0 Å². The molecule has 0 spiro atoms. The van der Waals surface area contributed by atoms with E-state index >= 15 is 0 Å². The summed E-state index contributed by atoms with van der Waals surface area (Å²) in [6.45, 7) is 1.25. The Kier molecular flexibility index (Phi) is 5.32. The van der Waals surface area contributed by atoms with Gasteiger partial charge >= 0.3 is 5.97 Å². The van der Waals surface area contributed by atoms with E-state index in [9.17, 15) is 13.2 Å². The van der Waals surface area contributed by atoms with Gasteiger partial charge in [0.1, 0.15) is 5.75 Å². The van der Waals surface area contributed by atoms with Crippen LogP contribution in [0.15, 0.2) is 24.3 Å². The van der Waals surface area contributed by atoms with Crippen molar-refractivity contribution in [2.24, 2.45) is 0 Å². The maximum absolute atomic E-state index is 11.9. The number of anilines is 1. The zero-order valence-corrected chi connectivity index (χ0v) is 12.2. The van der Waals surface area contributed by atoms with Gasteiger partial charge < -0.3 is 9.84 Å². The van der Waals surface area contributed by atoms with Gasteiger partial charge in [-0.15, -0.1) is 0 Å². The number of methoxy groups -OCH3 is 1. The minimum atomic E-state index is -3.88. The van der Waals surface area contributed by atoms with E-state index < -0.39 is 21.2 Å². The molecule has 1 atom stereocenters. The maximum atomic E-state index is 11.9. The molecule has 1 rings (SSSR count). The summed E-state index contributed by atoms with van der Waals surface area (Å²) in [5, 5.41) is 16.0. The quantitative estimate of drug-likeness (QED) is 0.768. The molecule has 7 nitrogen and oxygen atoms in total. The van der Waals surface area contributed by atoms with Gasteiger partial charge in [-0.1, -0.05) is 6.07 Å². The molecule has 8 heteroatoms. The van der Waals surface area contributed by atoms with Crippen LogP contribution in [0.2, 0.25) is 0 Å². The molecule has 2 N–H and O–H groups in total. The number of nitriles is 1. The van der Waals surface area contributed by atoms with Crippen LogP contribution in [0.5, 0.6) is 5.75 Å². The monoisotopic (exact) mass is 310 g/mol. The van der Waals surface area contributed by atoms with Gasteiger partial charge in [-0.3, -0.25) is 4.72 Å². The molecule has 0 fully saturated rings. The SMILES string of the molecule is COc1ccc(C=CC(=O)O)cc1NS(=O)(=O)C(C)C#N. The van der Waals surface area contributed by atoms with Crippen molar-refractivity contribution in [3.63, 3.8) is 0 Å². The first kappa shape index (κ1) is 16.5. The van der Waals surface area contributed by atoms with E-state index in [1.165, 1.54) is 32.2 Å². The van der Waals surface area contributed by atoms with Crippen molar-refractivity contribution >= 4 is 27.8 Å². The molecule has 1 unspecified atom stereocenters. The van der Waals surface area contributed by atoms with E-state index in [1.54, 1.807) is 12.1 Å². The van der Waals surface area contributed by atoms with Gasteiger partial charge in [0.25, 0.3) is 0 Å². The van der Waals surface area contributed by atoms with Crippen LogP contribution >= 0.6 is 0 Å². The van der Waals surface area contributed by atoms with Gasteiger partial charge in [0.2, 0.25) is 10.0 Å². The molecule has 0 aliphatic heterocycles. The Bertz CT molecular complexity index is 704. The van der Waals surface area contributed by atoms with Crippen LogP contribution in [-0.4, -0.2) is 31.9 Å². The lowest BCUT2D eigenvalue weighted by atomic mass is 10.2.